The van der Waals surface area contributed by atoms with E-state index in [0.717, 1.165) is 6.20 Å². The van der Waals surface area contributed by atoms with Crippen LogP contribution in [0.15, 0.2) is 47.5 Å². The van der Waals surface area contributed by atoms with Gasteiger partial charge in [-0.1, -0.05) is 0 Å². The van der Waals surface area contributed by atoms with E-state index in [1.165, 1.54) is 36.0 Å². The lowest BCUT2D eigenvalue weighted by molar-refractivity contribution is 0.198. The SMILES string of the molecule is CC(O)CNS(=O)(=O)c1ccc(-c2nnn(Cc3ccc(F)cn3)n2)cc1. The molecule has 0 saturated heterocycles. The number of pyridine rings is 1. The van der Waals surface area contributed by atoms with Gasteiger partial charge in [-0.15, -0.1) is 10.2 Å². The van der Waals surface area contributed by atoms with E-state index in [4.69, 9.17) is 0 Å². The van der Waals surface area contributed by atoms with E-state index in [9.17, 15) is 17.9 Å². The van der Waals surface area contributed by atoms with Crippen LogP contribution in [0.1, 0.15) is 12.6 Å². The number of aliphatic hydroxyl groups excluding tert-OH is 1. The first-order chi connectivity index (χ1) is 12.8. The Balaban J connectivity index is 1.72. The van der Waals surface area contributed by atoms with Crippen LogP contribution in [-0.4, -0.2) is 51.4 Å². The molecule has 0 aliphatic heterocycles. The molecule has 0 aliphatic carbocycles. The third-order valence-corrected chi connectivity index (χ3v) is 4.98. The summed E-state index contributed by atoms with van der Waals surface area (Å²) in [6.07, 6.45) is 0.326. The molecule has 3 aromatic rings. The van der Waals surface area contributed by atoms with Crippen molar-refractivity contribution in [3.63, 3.8) is 0 Å². The summed E-state index contributed by atoms with van der Waals surface area (Å²) < 4.78 is 39.4. The Bertz CT molecular complexity index is 1000. The summed E-state index contributed by atoms with van der Waals surface area (Å²) in [5.74, 6) is -0.109. The lowest BCUT2D eigenvalue weighted by Crippen LogP contribution is -2.30. The highest BCUT2D eigenvalue weighted by molar-refractivity contribution is 7.89. The summed E-state index contributed by atoms with van der Waals surface area (Å²) in [5.41, 5.74) is 1.16. The van der Waals surface area contributed by atoms with Gasteiger partial charge in [-0.25, -0.2) is 17.5 Å². The van der Waals surface area contributed by atoms with Crippen LogP contribution in [0.2, 0.25) is 0 Å². The average molecular weight is 392 g/mol. The van der Waals surface area contributed by atoms with Gasteiger partial charge in [0.1, 0.15) is 12.4 Å². The summed E-state index contributed by atoms with van der Waals surface area (Å²) >= 11 is 0. The Morgan fingerprint density at radius 1 is 1.22 bits per heavy atom. The van der Waals surface area contributed by atoms with Crippen molar-refractivity contribution in [1.82, 2.24) is 29.9 Å². The number of hydrogen-bond donors (Lipinski definition) is 2. The van der Waals surface area contributed by atoms with Crippen LogP contribution in [0.25, 0.3) is 11.4 Å². The van der Waals surface area contributed by atoms with Gasteiger partial charge in [-0.3, -0.25) is 4.98 Å². The highest BCUT2D eigenvalue weighted by Gasteiger charge is 2.15. The summed E-state index contributed by atoms with van der Waals surface area (Å²) in [7, 11) is -3.70. The molecule has 2 heterocycles. The van der Waals surface area contributed by atoms with Gasteiger partial charge in [0.2, 0.25) is 15.8 Å². The van der Waals surface area contributed by atoms with Gasteiger partial charge in [0.05, 0.1) is 22.9 Å². The van der Waals surface area contributed by atoms with E-state index in [0.29, 0.717) is 17.1 Å². The van der Waals surface area contributed by atoms with Crippen molar-refractivity contribution in [2.75, 3.05) is 6.54 Å². The Labute approximate surface area is 154 Å². The molecule has 1 atom stereocenters. The Morgan fingerprint density at radius 3 is 2.59 bits per heavy atom. The van der Waals surface area contributed by atoms with Crippen LogP contribution in [-0.2, 0) is 16.6 Å². The largest absolute Gasteiger partial charge is 0.392 e. The number of aliphatic hydroxyl groups is 1. The van der Waals surface area contributed by atoms with Crippen molar-refractivity contribution in [3.05, 3.63) is 54.1 Å². The molecule has 2 aromatic heterocycles. The highest BCUT2D eigenvalue weighted by atomic mass is 32.2. The molecule has 27 heavy (non-hydrogen) atoms. The molecule has 0 bridgehead atoms. The smallest absolute Gasteiger partial charge is 0.240 e. The highest BCUT2D eigenvalue weighted by Crippen LogP contribution is 2.17. The van der Waals surface area contributed by atoms with Gasteiger partial charge in [-0.2, -0.15) is 4.80 Å². The van der Waals surface area contributed by atoms with Crippen LogP contribution in [0, 0.1) is 5.82 Å². The van der Waals surface area contributed by atoms with E-state index in [2.05, 4.69) is 25.1 Å². The Morgan fingerprint density at radius 2 is 1.96 bits per heavy atom. The second kappa shape index (κ2) is 7.86. The maximum atomic E-state index is 12.9. The minimum Gasteiger partial charge on any atom is -0.392 e. The zero-order chi connectivity index (χ0) is 19.4. The molecule has 2 N–H and O–H groups in total. The minimum atomic E-state index is -3.70. The zero-order valence-electron chi connectivity index (χ0n) is 14.3. The molecular formula is C16H17FN6O3S. The number of hydrogen-bond acceptors (Lipinski definition) is 7. The molecule has 1 aromatic carbocycles. The van der Waals surface area contributed by atoms with Crippen LogP contribution in [0.5, 0.6) is 0 Å². The van der Waals surface area contributed by atoms with Crippen molar-refractivity contribution in [2.24, 2.45) is 0 Å². The van der Waals surface area contributed by atoms with E-state index < -0.39 is 21.9 Å². The van der Waals surface area contributed by atoms with E-state index in [-0.39, 0.29) is 18.0 Å². The molecule has 0 aliphatic rings. The fraction of sp³-hybridized carbons (Fsp3) is 0.250. The molecule has 0 spiro atoms. The fourth-order valence-electron chi connectivity index (χ4n) is 2.17. The monoisotopic (exact) mass is 392 g/mol. The van der Waals surface area contributed by atoms with E-state index in [1.807, 2.05) is 0 Å². The lowest BCUT2D eigenvalue weighted by Gasteiger charge is -2.08. The standard InChI is InChI=1S/C16H17FN6O3S/c1-11(24)8-19-27(25,26)15-6-2-12(3-7-15)16-20-22-23(21-16)10-14-5-4-13(17)9-18-14/h2-7,9,11,19,24H,8,10H2,1H3. The quantitative estimate of drug-likeness (QED) is 0.603. The Kier molecular flexibility index (Phi) is 5.54. The predicted octanol–water partition coefficient (Wildman–Crippen LogP) is 0.582. The number of rotatable bonds is 7. The minimum absolute atomic E-state index is 0.0646. The fourth-order valence-corrected chi connectivity index (χ4v) is 3.29. The molecule has 3 rings (SSSR count). The number of sulfonamides is 1. The van der Waals surface area contributed by atoms with Gasteiger partial charge in [0, 0.05) is 12.1 Å². The number of benzene rings is 1. The van der Waals surface area contributed by atoms with Crippen LogP contribution < -0.4 is 4.72 Å². The second-order valence-corrected chi connectivity index (χ2v) is 7.60. The molecule has 0 saturated carbocycles. The first-order valence-corrected chi connectivity index (χ1v) is 9.48. The van der Waals surface area contributed by atoms with Crippen molar-refractivity contribution >= 4 is 10.0 Å². The van der Waals surface area contributed by atoms with Gasteiger partial charge in [0.15, 0.2) is 0 Å². The second-order valence-electron chi connectivity index (χ2n) is 5.84. The van der Waals surface area contributed by atoms with Gasteiger partial charge < -0.3 is 5.11 Å². The molecule has 142 valence electrons. The average Bonchev–Trinajstić information content (AvgIpc) is 3.11. The number of nitrogens with zero attached hydrogens (tertiary/aromatic N) is 5. The third-order valence-electron chi connectivity index (χ3n) is 3.54. The first kappa shape index (κ1) is 19.0. The summed E-state index contributed by atoms with van der Waals surface area (Å²) in [4.78, 5) is 5.30. The molecule has 0 fully saturated rings. The van der Waals surface area contributed by atoms with Crippen molar-refractivity contribution in [1.29, 1.82) is 0 Å². The molecule has 11 heteroatoms. The lowest BCUT2D eigenvalue weighted by atomic mass is 10.2. The molecular weight excluding hydrogens is 375 g/mol. The molecule has 0 radical (unpaired) electrons. The van der Waals surface area contributed by atoms with E-state index >= 15 is 0 Å². The summed E-state index contributed by atoms with van der Waals surface area (Å²) in [6, 6.07) is 8.79. The first-order valence-electron chi connectivity index (χ1n) is 8.00. The predicted molar refractivity (Wildman–Crippen MR) is 93.4 cm³/mol. The maximum Gasteiger partial charge on any atom is 0.240 e. The number of aromatic nitrogens is 5. The summed E-state index contributed by atoms with van der Waals surface area (Å²) in [5, 5.41) is 21.3. The van der Waals surface area contributed by atoms with Gasteiger partial charge in [0.25, 0.3) is 0 Å². The van der Waals surface area contributed by atoms with Crippen LogP contribution in [0.4, 0.5) is 4.39 Å². The van der Waals surface area contributed by atoms with Gasteiger partial charge in [-0.05, 0) is 48.5 Å². The van der Waals surface area contributed by atoms with Gasteiger partial charge >= 0.3 is 0 Å². The maximum absolute atomic E-state index is 12.9. The number of tetrazole rings is 1. The zero-order valence-corrected chi connectivity index (χ0v) is 15.1. The van der Waals surface area contributed by atoms with E-state index in [1.54, 1.807) is 12.1 Å². The van der Waals surface area contributed by atoms with Crippen LogP contribution >= 0.6 is 0 Å². The molecule has 0 amide bonds. The van der Waals surface area contributed by atoms with Crippen molar-refractivity contribution in [2.45, 2.75) is 24.5 Å². The van der Waals surface area contributed by atoms with Crippen LogP contribution in [0.3, 0.4) is 0 Å². The molecule has 9 nitrogen and oxygen atoms in total. The summed E-state index contributed by atoms with van der Waals surface area (Å²) in [6.45, 7) is 1.64. The number of nitrogens with one attached hydrogen (secondary N) is 1. The van der Waals surface area contributed by atoms with Crippen molar-refractivity contribution in [3.8, 4) is 11.4 Å². The van der Waals surface area contributed by atoms with Crippen molar-refractivity contribution < 1.29 is 17.9 Å². The topological polar surface area (TPSA) is 123 Å². The Hall–Kier alpha value is -2.76. The normalized spacial score (nSPS) is 12.9. The molecule has 1 unspecified atom stereocenters. The third kappa shape index (κ3) is 4.90. The number of halogens is 1.